The van der Waals surface area contributed by atoms with Gasteiger partial charge in [0.2, 0.25) is 5.91 Å². The minimum absolute atomic E-state index is 0.0575. The molecule has 2 heterocycles. The summed E-state index contributed by atoms with van der Waals surface area (Å²) < 4.78 is 0. The van der Waals surface area contributed by atoms with Crippen molar-refractivity contribution in [2.45, 2.75) is 44.2 Å². The van der Waals surface area contributed by atoms with Crippen molar-refractivity contribution in [3.63, 3.8) is 0 Å². The second-order valence-electron chi connectivity index (χ2n) is 8.56. The van der Waals surface area contributed by atoms with Crippen LogP contribution in [0.3, 0.4) is 0 Å². The molecular formula is C25H31N3O2. The highest BCUT2D eigenvalue weighted by Gasteiger charge is 2.46. The van der Waals surface area contributed by atoms with Crippen LogP contribution >= 0.6 is 0 Å². The first kappa shape index (κ1) is 20.6. The number of nitrogens with one attached hydrogen (secondary N) is 1. The number of imide groups is 1. The van der Waals surface area contributed by atoms with Crippen molar-refractivity contribution >= 4 is 11.9 Å². The lowest BCUT2D eigenvalue weighted by Crippen LogP contribution is -2.39. The molecule has 0 radical (unpaired) electrons. The summed E-state index contributed by atoms with van der Waals surface area (Å²) in [7, 11) is 1.79. The van der Waals surface area contributed by atoms with E-state index >= 15 is 0 Å². The maximum absolute atomic E-state index is 13.6. The summed E-state index contributed by atoms with van der Waals surface area (Å²) in [6, 6.07) is 19.7. The Bertz CT molecular complexity index is 864. The molecule has 4 rings (SSSR count). The predicted molar refractivity (Wildman–Crippen MR) is 118 cm³/mol. The molecule has 2 fully saturated rings. The van der Waals surface area contributed by atoms with Crippen molar-refractivity contribution in [2.75, 3.05) is 20.1 Å². The van der Waals surface area contributed by atoms with Crippen LogP contribution in [-0.2, 0) is 4.79 Å². The smallest absolute Gasteiger partial charge is 0.322 e. The number of piperidine rings is 1. The largest absolute Gasteiger partial charge is 0.327 e. The van der Waals surface area contributed by atoms with Gasteiger partial charge in [0.05, 0.1) is 12.1 Å². The van der Waals surface area contributed by atoms with Gasteiger partial charge in [0.25, 0.3) is 0 Å². The maximum atomic E-state index is 13.6. The molecule has 3 amide bonds. The van der Waals surface area contributed by atoms with Crippen LogP contribution in [0.25, 0.3) is 0 Å². The van der Waals surface area contributed by atoms with Gasteiger partial charge in [-0.3, -0.25) is 9.69 Å². The maximum Gasteiger partial charge on any atom is 0.327 e. The van der Waals surface area contributed by atoms with Crippen LogP contribution in [0.4, 0.5) is 4.79 Å². The zero-order valence-electron chi connectivity index (χ0n) is 17.8. The van der Waals surface area contributed by atoms with Gasteiger partial charge in [-0.25, -0.2) is 4.79 Å². The number of amides is 3. The molecule has 5 heteroatoms. The van der Waals surface area contributed by atoms with Gasteiger partial charge in [-0.1, -0.05) is 60.7 Å². The Kier molecular flexibility index (Phi) is 6.18. The summed E-state index contributed by atoms with van der Waals surface area (Å²) in [5.41, 5.74) is 2.20. The van der Waals surface area contributed by atoms with Gasteiger partial charge in [-0.05, 0) is 55.8 Å². The molecule has 158 valence electrons. The topological polar surface area (TPSA) is 52.7 Å². The summed E-state index contributed by atoms with van der Waals surface area (Å²) in [5, 5.41) is 3.42. The molecule has 0 spiro atoms. The van der Waals surface area contributed by atoms with Gasteiger partial charge in [0.15, 0.2) is 0 Å². The number of benzene rings is 2. The molecule has 2 saturated heterocycles. The third-order valence-electron chi connectivity index (χ3n) is 6.84. The number of likely N-dealkylation sites (N-methyl/N-ethyl adjacent to an activating group) is 1. The Morgan fingerprint density at radius 2 is 1.63 bits per heavy atom. The Labute approximate surface area is 179 Å². The summed E-state index contributed by atoms with van der Waals surface area (Å²) in [5.74, 6) is 0.504. The predicted octanol–water partition coefficient (Wildman–Crippen LogP) is 4.18. The van der Waals surface area contributed by atoms with E-state index in [4.69, 9.17) is 0 Å². The van der Waals surface area contributed by atoms with Crippen LogP contribution in [0.2, 0.25) is 0 Å². The van der Waals surface area contributed by atoms with Crippen molar-refractivity contribution in [3.05, 3.63) is 71.8 Å². The molecule has 30 heavy (non-hydrogen) atoms. The Hall–Kier alpha value is -2.66. The standard InChI is InChI=1S/C25H31N3O2/c1-18-24(21-11-7-4-8-12-21)28(25(30)27(18)2)23(29)17-22(19-9-5-3-6-10-19)20-13-15-26-16-14-20/h3-12,18,20,22,24,26H,13-17H2,1-2H3/t18-,22?,24-/m0/s1. The average Bonchev–Trinajstić information content (AvgIpc) is 3.03. The number of hydrogen-bond donors (Lipinski definition) is 1. The number of urea groups is 1. The average molecular weight is 406 g/mol. The van der Waals surface area contributed by atoms with E-state index in [1.807, 2.05) is 55.5 Å². The normalized spacial score (nSPS) is 23.6. The van der Waals surface area contributed by atoms with E-state index in [1.165, 1.54) is 10.5 Å². The van der Waals surface area contributed by atoms with Crippen molar-refractivity contribution in [3.8, 4) is 0 Å². The van der Waals surface area contributed by atoms with Gasteiger partial charge < -0.3 is 10.2 Å². The van der Waals surface area contributed by atoms with Crippen molar-refractivity contribution in [1.82, 2.24) is 15.1 Å². The number of hydrogen-bond acceptors (Lipinski definition) is 3. The molecule has 0 bridgehead atoms. The monoisotopic (exact) mass is 405 g/mol. The molecule has 2 aliphatic heterocycles. The molecule has 0 aromatic heterocycles. The third kappa shape index (κ3) is 3.99. The van der Waals surface area contributed by atoms with Crippen molar-refractivity contribution in [2.24, 2.45) is 5.92 Å². The molecule has 1 unspecified atom stereocenters. The van der Waals surface area contributed by atoms with Gasteiger partial charge in [0, 0.05) is 13.5 Å². The van der Waals surface area contributed by atoms with Crippen LogP contribution < -0.4 is 5.32 Å². The van der Waals surface area contributed by atoms with Gasteiger partial charge in [-0.2, -0.15) is 0 Å². The Morgan fingerprint density at radius 3 is 2.27 bits per heavy atom. The quantitative estimate of drug-likeness (QED) is 0.812. The fourth-order valence-corrected chi connectivity index (χ4v) is 5.02. The molecule has 5 nitrogen and oxygen atoms in total. The summed E-state index contributed by atoms with van der Waals surface area (Å²) in [4.78, 5) is 29.9. The molecule has 2 aromatic carbocycles. The van der Waals surface area contributed by atoms with Crippen LogP contribution in [0.1, 0.15) is 49.3 Å². The summed E-state index contributed by atoms with van der Waals surface area (Å²) in [6.45, 7) is 3.98. The molecule has 2 aliphatic rings. The minimum atomic E-state index is -0.249. The van der Waals surface area contributed by atoms with Crippen LogP contribution in [0.15, 0.2) is 60.7 Å². The van der Waals surface area contributed by atoms with E-state index in [1.54, 1.807) is 11.9 Å². The van der Waals surface area contributed by atoms with Crippen molar-refractivity contribution in [1.29, 1.82) is 0 Å². The third-order valence-corrected chi connectivity index (χ3v) is 6.84. The highest BCUT2D eigenvalue weighted by Crippen LogP contribution is 2.39. The lowest BCUT2D eigenvalue weighted by molar-refractivity contribution is -0.130. The Morgan fingerprint density at radius 1 is 1.03 bits per heavy atom. The zero-order valence-corrected chi connectivity index (χ0v) is 17.8. The lowest BCUT2D eigenvalue weighted by Gasteiger charge is -2.32. The highest BCUT2D eigenvalue weighted by molar-refractivity contribution is 5.97. The second kappa shape index (κ2) is 9.00. The van der Waals surface area contributed by atoms with E-state index in [0.717, 1.165) is 31.5 Å². The van der Waals surface area contributed by atoms with Crippen LogP contribution in [-0.4, -0.2) is 47.9 Å². The summed E-state index contributed by atoms with van der Waals surface area (Å²) >= 11 is 0. The molecule has 1 N–H and O–H groups in total. The second-order valence-corrected chi connectivity index (χ2v) is 8.56. The number of carbonyl (C=O) groups excluding carboxylic acids is 2. The van der Waals surface area contributed by atoms with E-state index < -0.39 is 0 Å². The lowest BCUT2D eigenvalue weighted by atomic mass is 9.78. The number of carbonyl (C=O) groups is 2. The van der Waals surface area contributed by atoms with E-state index in [0.29, 0.717) is 12.3 Å². The molecule has 0 saturated carbocycles. The van der Waals surface area contributed by atoms with E-state index in [2.05, 4.69) is 17.4 Å². The fourth-order valence-electron chi connectivity index (χ4n) is 5.02. The fraction of sp³-hybridized carbons (Fsp3) is 0.440. The number of nitrogens with zero attached hydrogens (tertiary/aromatic N) is 2. The summed E-state index contributed by atoms with van der Waals surface area (Å²) in [6.07, 6.45) is 2.47. The van der Waals surface area contributed by atoms with E-state index in [9.17, 15) is 9.59 Å². The van der Waals surface area contributed by atoms with E-state index in [-0.39, 0.29) is 29.9 Å². The molecule has 3 atom stereocenters. The first-order valence-electron chi connectivity index (χ1n) is 11.0. The highest BCUT2D eigenvalue weighted by atomic mass is 16.2. The number of rotatable bonds is 5. The van der Waals surface area contributed by atoms with Crippen LogP contribution in [0, 0.1) is 5.92 Å². The molecular weight excluding hydrogens is 374 g/mol. The van der Waals surface area contributed by atoms with Gasteiger partial charge >= 0.3 is 6.03 Å². The minimum Gasteiger partial charge on any atom is -0.322 e. The molecule has 0 aliphatic carbocycles. The Balaban J connectivity index is 1.62. The SMILES string of the molecule is C[C@H]1[C@@H](c2ccccc2)N(C(=O)CC(c2ccccc2)C2CCNCC2)C(=O)N1C. The van der Waals surface area contributed by atoms with Crippen LogP contribution in [0.5, 0.6) is 0 Å². The first-order chi connectivity index (χ1) is 14.6. The van der Waals surface area contributed by atoms with Gasteiger partial charge in [0.1, 0.15) is 0 Å². The molecule has 2 aromatic rings. The first-order valence-corrected chi connectivity index (χ1v) is 11.0. The zero-order chi connectivity index (χ0) is 21.1. The van der Waals surface area contributed by atoms with Crippen molar-refractivity contribution < 1.29 is 9.59 Å². The van der Waals surface area contributed by atoms with Gasteiger partial charge in [-0.15, -0.1) is 0 Å².